The van der Waals surface area contributed by atoms with Crippen LogP contribution in [-0.4, -0.2) is 37.2 Å². The number of hydrogen-bond acceptors (Lipinski definition) is 3. The molecule has 0 saturated heterocycles. The number of halogens is 2. The van der Waals surface area contributed by atoms with Crippen molar-refractivity contribution in [2.75, 3.05) is 23.8 Å². The van der Waals surface area contributed by atoms with E-state index in [0.717, 1.165) is 17.2 Å². The molecule has 6 nitrogen and oxygen atoms in total. The number of anilines is 2. The second-order valence-electron chi connectivity index (χ2n) is 9.54. The van der Waals surface area contributed by atoms with Crippen molar-refractivity contribution in [2.45, 2.75) is 12.3 Å². The van der Waals surface area contributed by atoms with Gasteiger partial charge in [0.1, 0.15) is 0 Å². The van der Waals surface area contributed by atoms with Gasteiger partial charge in [0.05, 0.1) is 5.69 Å². The molecule has 206 valence electrons. The van der Waals surface area contributed by atoms with E-state index in [9.17, 15) is 14.4 Å². The van der Waals surface area contributed by atoms with Crippen molar-refractivity contribution in [2.24, 2.45) is 0 Å². The lowest BCUT2D eigenvalue weighted by Gasteiger charge is -2.23. The molecule has 4 aromatic carbocycles. The van der Waals surface area contributed by atoms with E-state index in [1.807, 2.05) is 42.5 Å². The fraction of sp³-hybridized carbons (Fsp3) is 0.121. The number of carbonyl (C=O) groups is 3. The molecule has 41 heavy (non-hydrogen) atoms. The van der Waals surface area contributed by atoms with E-state index >= 15 is 8.78 Å². The van der Waals surface area contributed by atoms with Crippen molar-refractivity contribution in [3.05, 3.63) is 126 Å². The van der Waals surface area contributed by atoms with E-state index in [1.54, 1.807) is 54.6 Å². The summed E-state index contributed by atoms with van der Waals surface area (Å²) in [4.78, 5) is 40.0. The van der Waals surface area contributed by atoms with Crippen molar-refractivity contribution >= 4 is 34.7 Å². The van der Waals surface area contributed by atoms with Gasteiger partial charge in [0.2, 0.25) is 5.91 Å². The van der Waals surface area contributed by atoms with Gasteiger partial charge in [0.15, 0.2) is 0 Å². The Bertz CT molecular complexity index is 1630. The Balaban J connectivity index is 1.39. The van der Waals surface area contributed by atoms with Gasteiger partial charge >= 0.3 is 0 Å². The fourth-order valence-corrected chi connectivity index (χ4v) is 4.84. The van der Waals surface area contributed by atoms with Crippen LogP contribution in [0.15, 0.2) is 109 Å². The fourth-order valence-electron chi connectivity index (χ4n) is 4.84. The molecule has 2 N–H and O–H groups in total. The summed E-state index contributed by atoms with van der Waals surface area (Å²) in [6.07, 6.45) is 0.242. The number of benzene rings is 4. The Hall–Kier alpha value is -5.11. The minimum atomic E-state index is -3.32. The van der Waals surface area contributed by atoms with Gasteiger partial charge in [-0.1, -0.05) is 66.7 Å². The van der Waals surface area contributed by atoms with Crippen molar-refractivity contribution in [3.63, 3.8) is 0 Å². The Kier molecular flexibility index (Phi) is 7.74. The second kappa shape index (κ2) is 11.6. The topological polar surface area (TPSA) is 78.5 Å². The summed E-state index contributed by atoms with van der Waals surface area (Å²) in [6.45, 7) is -0.247. The first-order valence-corrected chi connectivity index (χ1v) is 13.1. The molecule has 0 spiro atoms. The van der Waals surface area contributed by atoms with Gasteiger partial charge in [0.25, 0.3) is 17.7 Å². The van der Waals surface area contributed by atoms with Gasteiger partial charge in [0, 0.05) is 54.0 Å². The van der Waals surface area contributed by atoms with Gasteiger partial charge in [-0.05, 0) is 47.5 Å². The summed E-state index contributed by atoms with van der Waals surface area (Å²) < 4.78 is 30.3. The number of allylic oxidation sites excluding steroid dienone is 1. The molecule has 0 fully saturated rings. The highest BCUT2D eigenvalue weighted by atomic mass is 19.3. The summed E-state index contributed by atoms with van der Waals surface area (Å²) in [5.74, 6) is -4.75. The van der Waals surface area contributed by atoms with Crippen LogP contribution in [-0.2, 0) is 4.79 Å². The number of nitrogens with zero attached hydrogens (tertiary/aromatic N) is 1. The minimum Gasteiger partial charge on any atom is -0.356 e. The maximum atomic E-state index is 15.2. The molecule has 5 rings (SSSR count). The molecule has 0 atom stereocenters. The lowest BCUT2D eigenvalue weighted by Crippen LogP contribution is -2.33. The largest absolute Gasteiger partial charge is 0.356 e. The molecule has 0 bridgehead atoms. The van der Waals surface area contributed by atoms with E-state index < -0.39 is 29.7 Å². The van der Waals surface area contributed by atoms with Gasteiger partial charge in [-0.2, -0.15) is 0 Å². The third-order valence-electron chi connectivity index (χ3n) is 6.94. The highest BCUT2D eigenvalue weighted by Crippen LogP contribution is 2.43. The quantitative estimate of drug-likeness (QED) is 0.281. The summed E-state index contributed by atoms with van der Waals surface area (Å²) >= 11 is 0. The Morgan fingerprint density at radius 2 is 1.44 bits per heavy atom. The van der Waals surface area contributed by atoms with Crippen LogP contribution in [0.2, 0.25) is 0 Å². The molecule has 3 amide bonds. The van der Waals surface area contributed by atoms with Crippen LogP contribution in [0, 0.1) is 0 Å². The van der Waals surface area contributed by atoms with Crippen molar-refractivity contribution in [1.29, 1.82) is 0 Å². The molecule has 0 aliphatic carbocycles. The van der Waals surface area contributed by atoms with Crippen LogP contribution in [0.3, 0.4) is 0 Å². The number of alkyl halides is 2. The molecule has 0 radical (unpaired) electrons. The first-order valence-electron chi connectivity index (χ1n) is 13.1. The van der Waals surface area contributed by atoms with E-state index in [0.29, 0.717) is 16.9 Å². The molecular weight excluding hydrogens is 524 g/mol. The average molecular weight is 552 g/mol. The third-order valence-corrected chi connectivity index (χ3v) is 6.94. The number of amides is 3. The van der Waals surface area contributed by atoms with Crippen molar-refractivity contribution in [1.82, 2.24) is 5.32 Å². The summed E-state index contributed by atoms with van der Waals surface area (Å²) in [6, 6.07) is 29.5. The predicted molar refractivity (Wildman–Crippen MR) is 156 cm³/mol. The number of para-hydroxylation sites is 1. The van der Waals surface area contributed by atoms with Gasteiger partial charge in [-0.15, -0.1) is 0 Å². The number of fused-ring (bicyclic) bond motifs is 1. The van der Waals surface area contributed by atoms with E-state index in [1.165, 1.54) is 18.0 Å². The van der Waals surface area contributed by atoms with E-state index in [2.05, 4.69) is 10.6 Å². The first-order chi connectivity index (χ1) is 19.8. The van der Waals surface area contributed by atoms with Gasteiger partial charge < -0.3 is 15.5 Å². The highest BCUT2D eigenvalue weighted by molar-refractivity contribution is 6.11. The second-order valence-corrected chi connectivity index (χ2v) is 9.54. The predicted octanol–water partition coefficient (Wildman–Crippen LogP) is 6.42. The maximum absolute atomic E-state index is 15.2. The van der Waals surface area contributed by atoms with Crippen LogP contribution in [0.1, 0.15) is 32.7 Å². The molecule has 1 aliphatic rings. The molecule has 1 aliphatic heterocycles. The number of likely N-dealkylation sites (N-methyl/N-ethyl adjacent to an activating group) is 1. The summed E-state index contributed by atoms with van der Waals surface area (Å²) in [7, 11) is 1.37. The molecule has 8 heteroatoms. The van der Waals surface area contributed by atoms with E-state index in [4.69, 9.17) is 0 Å². The standard InChI is InChI=1S/C33H27F2N3O3/c1-36-30(39)21-28-27-13-7-8-14-29(27)38(20-19-33(28,34)35)32(41)23-15-17-24(18-16-23)37-31(40)26-12-6-5-11-25(26)22-9-3-2-4-10-22/h2-18,21H,19-20H2,1H3,(H,36,39)(H,37,40). The molecule has 0 saturated carbocycles. The number of hydrogen-bond donors (Lipinski definition) is 2. The average Bonchev–Trinajstić information content (AvgIpc) is 3.11. The van der Waals surface area contributed by atoms with Crippen LogP contribution in [0.5, 0.6) is 0 Å². The lowest BCUT2D eigenvalue weighted by atomic mass is 9.97. The normalized spacial score (nSPS) is 15.0. The monoisotopic (exact) mass is 551 g/mol. The molecule has 0 unspecified atom stereocenters. The van der Waals surface area contributed by atoms with Gasteiger partial charge in [-0.25, -0.2) is 8.78 Å². The van der Waals surface area contributed by atoms with Gasteiger partial charge in [-0.3, -0.25) is 14.4 Å². The molecular formula is C33H27F2N3O3. The first kappa shape index (κ1) is 27.5. The maximum Gasteiger partial charge on any atom is 0.275 e. The number of nitrogens with one attached hydrogen (secondary N) is 2. The third kappa shape index (κ3) is 5.77. The summed E-state index contributed by atoms with van der Waals surface area (Å²) in [5.41, 5.74) is 2.93. The van der Waals surface area contributed by atoms with Crippen LogP contribution < -0.4 is 15.5 Å². The Morgan fingerprint density at radius 1 is 0.805 bits per heavy atom. The SMILES string of the molecule is CNC(=O)C=C1c2ccccc2N(C(=O)c2ccc(NC(=O)c3ccccc3-c3ccccc3)cc2)CCC1(F)F. The molecule has 4 aromatic rings. The lowest BCUT2D eigenvalue weighted by molar-refractivity contribution is -0.116. The van der Waals surface area contributed by atoms with E-state index in [-0.39, 0.29) is 23.6 Å². The molecule has 1 heterocycles. The van der Waals surface area contributed by atoms with Crippen molar-refractivity contribution in [3.8, 4) is 11.1 Å². The van der Waals surface area contributed by atoms with Crippen LogP contribution in [0.4, 0.5) is 20.2 Å². The summed E-state index contributed by atoms with van der Waals surface area (Å²) in [5, 5.41) is 5.21. The van der Waals surface area contributed by atoms with Crippen LogP contribution >= 0.6 is 0 Å². The number of carbonyl (C=O) groups excluding carboxylic acids is 3. The Labute approximate surface area is 236 Å². The smallest absolute Gasteiger partial charge is 0.275 e. The van der Waals surface area contributed by atoms with Crippen molar-refractivity contribution < 1.29 is 23.2 Å². The Morgan fingerprint density at radius 3 is 2.15 bits per heavy atom. The zero-order valence-electron chi connectivity index (χ0n) is 22.2. The van der Waals surface area contributed by atoms with Crippen LogP contribution in [0.25, 0.3) is 16.7 Å². The zero-order chi connectivity index (χ0) is 29.0. The number of rotatable bonds is 5. The minimum absolute atomic E-state index is 0.118. The molecule has 0 aromatic heterocycles. The highest BCUT2D eigenvalue weighted by Gasteiger charge is 2.41. The zero-order valence-corrected chi connectivity index (χ0v) is 22.2.